The molecule has 1 aromatic heterocycles. The van der Waals surface area contributed by atoms with Crippen molar-refractivity contribution in [1.82, 2.24) is 14.8 Å². The lowest BCUT2D eigenvalue weighted by Crippen LogP contribution is -2.12. The second-order valence-corrected chi connectivity index (χ2v) is 5.85. The summed E-state index contributed by atoms with van der Waals surface area (Å²) in [7, 11) is 0. The summed E-state index contributed by atoms with van der Waals surface area (Å²) in [5, 5.41) is 8.20. The van der Waals surface area contributed by atoms with Gasteiger partial charge in [0.25, 0.3) is 0 Å². The molecule has 1 aromatic carbocycles. The van der Waals surface area contributed by atoms with Gasteiger partial charge in [0.1, 0.15) is 12.2 Å². The van der Waals surface area contributed by atoms with E-state index >= 15 is 0 Å². The summed E-state index contributed by atoms with van der Waals surface area (Å²) >= 11 is 8.39. The van der Waals surface area contributed by atoms with E-state index in [4.69, 9.17) is 11.6 Å². The van der Waals surface area contributed by atoms with Gasteiger partial charge in [-0.25, -0.2) is 9.67 Å². The number of nitrogens with zero attached hydrogens (tertiary/aromatic N) is 3. The van der Waals surface area contributed by atoms with E-state index in [2.05, 4.69) is 51.8 Å². The number of nitrogens with one attached hydrogen (secondary N) is 1. The molecule has 0 saturated heterocycles. The normalized spacial score (nSPS) is 10.9. The van der Waals surface area contributed by atoms with Gasteiger partial charge < -0.3 is 5.32 Å². The fourth-order valence-electron chi connectivity index (χ4n) is 1.64. The van der Waals surface area contributed by atoms with Gasteiger partial charge in [-0.05, 0) is 54.6 Å². The van der Waals surface area contributed by atoms with Crippen molar-refractivity contribution in [3.63, 3.8) is 0 Å². The lowest BCUT2D eigenvalue weighted by Gasteiger charge is -2.11. The van der Waals surface area contributed by atoms with Crippen LogP contribution >= 0.6 is 34.2 Å². The van der Waals surface area contributed by atoms with Crippen LogP contribution in [0.15, 0.2) is 24.5 Å². The highest BCUT2D eigenvalue weighted by Gasteiger charge is 2.08. The lowest BCUT2D eigenvalue weighted by molar-refractivity contribution is 0.509. The van der Waals surface area contributed by atoms with Crippen molar-refractivity contribution >= 4 is 39.9 Å². The molecule has 2 rings (SSSR count). The molecule has 18 heavy (non-hydrogen) atoms. The van der Waals surface area contributed by atoms with E-state index in [1.165, 1.54) is 0 Å². The van der Waals surface area contributed by atoms with E-state index in [9.17, 15) is 0 Å². The molecule has 0 radical (unpaired) electrons. The Hall–Kier alpha value is -0.820. The molecule has 0 amide bonds. The van der Waals surface area contributed by atoms with Crippen molar-refractivity contribution in [1.29, 1.82) is 0 Å². The maximum atomic E-state index is 6.13. The molecule has 0 spiro atoms. The van der Waals surface area contributed by atoms with Crippen LogP contribution in [-0.2, 0) is 6.54 Å². The smallest absolute Gasteiger partial charge is 0.146 e. The van der Waals surface area contributed by atoms with Crippen molar-refractivity contribution < 1.29 is 0 Å². The zero-order chi connectivity index (χ0) is 13.1. The lowest BCUT2D eigenvalue weighted by atomic mass is 10.3. The molecule has 2 aromatic rings. The zero-order valence-electron chi connectivity index (χ0n) is 10.2. The number of halogens is 2. The molecule has 1 N–H and O–H groups in total. The standard InChI is InChI=1S/C12H14ClIN4/c1-8(2)18-12(16-7-17-18)6-15-11-5-9(14)3-4-10(11)13/h3-5,7-8,15H,6H2,1-2H3. The first-order valence-electron chi connectivity index (χ1n) is 5.65. The largest absolute Gasteiger partial charge is 0.377 e. The predicted molar refractivity (Wildman–Crippen MR) is 81.9 cm³/mol. The maximum Gasteiger partial charge on any atom is 0.146 e. The van der Waals surface area contributed by atoms with Crippen LogP contribution < -0.4 is 5.32 Å². The van der Waals surface area contributed by atoms with Crippen LogP contribution in [0.2, 0.25) is 5.02 Å². The van der Waals surface area contributed by atoms with E-state index in [1.807, 2.05) is 22.9 Å². The molecule has 6 heteroatoms. The molecule has 0 aliphatic rings. The average molecular weight is 377 g/mol. The van der Waals surface area contributed by atoms with E-state index in [0.717, 1.165) is 15.1 Å². The fraction of sp³-hybridized carbons (Fsp3) is 0.333. The molecular formula is C12H14ClIN4. The van der Waals surface area contributed by atoms with Crippen molar-refractivity contribution in [3.05, 3.63) is 38.9 Å². The summed E-state index contributed by atoms with van der Waals surface area (Å²) in [4.78, 5) is 4.25. The predicted octanol–water partition coefficient (Wildman–Crippen LogP) is 3.73. The third-order valence-corrected chi connectivity index (χ3v) is 3.50. The van der Waals surface area contributed by atoms with Gasteiger partial charge in [0.2, 0.25) is 0 Å². The van der Waals surface area contributed by atoms with E-state index in [-0.39, 0.29) is 0 Å². The Morgan fingerprint density at radius 2 is 2.22 bits per heavy atom. The zero-order valence-corrected chi connectivity index (χ0v) is 13.1. The van der Waals surface area contributed by atoms with E-state index in [1.54, 1.807) is 6.33 Å². The van der Waals surface area contributed by atoms with Gasteiger partial charge in [-0.3, -0.25) is 0 Å². The van der Waals surface area contributed by atoms with Crippen molar-refractivity contribution in [2.45, 2.75) is 26.4 Å². The highest BCUT2D eigenvalue weighted by Crippen LogP contribution is 2.24. The molecule has 4 nitrogen and oxygen atoms in total. The Kier molecular flexibility index (Phi) is 4.45. The first-order valence-corrected chi connectivity index (χ1v) is 7.11. The van der Waals surface area contributed by atoms with Gasteiger partial charge in [0.05, 0.1) is 17.3 Å². The van der Waals surface area contributed by atoms with Gasteiger partial charge >= 0.3 is 0 Å². The van der Waals surface area contributed by atoms with Crippen LogP contribution in [0.4, 0.5) is 5.69 Å². The summed E-state index contributed by atoms with van der Waals surface area (Å²) in [6.07, 6.45) is 1.58. The number of rotatable bonds is 4. The van der Waals surface area contributed by atoms with Crippen LogP contribution in [0.3, 0.4) is 0 Å². The molecule has 96 valence electrons. The van der Waals surface area contributed by atoms with E-state index < -0.39 is 0 Å². The Bertz CT molecular complexity index is 539. The maximum absolute atomic E-state index is 6.13. The fourth-order valence-corrected chi connectivity index (χ4v) is 2.31. The second-order valence-electron chi connectivity index (χ2n) is 4.19. The summed E-state index contributed by atoms with van der Waals surface area (Å²) in [6.45, 7) is 4.77. The molecule has 0 bridgehead atoms. The molecule has 1 heterocycles. The Morgan fingerprint density at radius 1 is 1.44 bits per heavy atom. The summed E-state index contributed by atoms with van der Waals surface area (Å²) < 4.78 is 3.04. The molecular weight excluding hydrogens is 363 g/mol. The van der Waals surface area contributed by atoms with Crippen LogP contribution in [0.5, 0.6) is 0 Å². The highest BCUT2D eigenvalue weighted by molar-refractivity contribution is 14.1. The number of hydrogen-bond donors (Lipinski definition) is 1. The molecule has 0 unspecified atom stereocenters. The van der Waals surface area contributed by atoms with Crippen LogP contribution in [0.25, 0.3) is 0 Å². The van der Waals surface area contributed by atoms with Crippen LogP contribution in [-0.4, -0.2) is 14.8 Å². The van der Waals surface area contributed by atoms with Crippen molar-refractivity contribution in [3.8, 4) is 0 Å². The van der Waals surface area contributed by atoms with Gasteiger partial charge in [-0.1, -0.05) is 11.6 Å². The summed E-state index contributed by atoms with van der Waals surface area (Å²) in [5.74, 6) is 0.903. The van der Waals surface area contributed by atoms with Gasteiger partial charge in [-0.2, -0.15) is 5.10 Å². The van der Waals surface area contributed by atoms with Crippen molar-refractivity contribution in [2.24, 2.45) is 0 Å². The quantitative estimate of drug-likeness (QED) is 0.827. The van der Waals surface area contributed by atoms with Gasteiger partial charge in [0.15, 0.2) is 0 Å². The Balaban J connectivity index is 2.11. The highest BCUT2D eigenvalue weighted by atomic mass is 127. The van der Waals surface area contributed by atoms with Crippen LogP contribution in [0, 0.1) is 3.57 Å². The second kappa shape index (κ2) is 5.88. The molecule has 0 atom stereocenters. The first kappa shape index (κ1) is 13.6. The molecule has 0 fully saturated rings. The van der Waals surface area contributed by atoms with Gasteiger partial charge in [-0.15, -0.1) is 0 Å². The van der Waals surface area contributed by atoms with E-state index in [0.29, 0.717) is 17.6 Å². The minimum atomic E-state index is 0.302. The summed E-state index contributed by atoms with van der Waals surface area (Å²) in [6, 6.07) is 6.18. The minimum Gasteiger partial charge on any atom is -0.377 e. The Labute approximate surface area is 125 Å². The monoisotopic (exact) mass is 376 g/mol. The molecule has 0 saturated carbocycles. The third kappa shape index (κ3) is 3.14. The minimum absolute atomic E-state index is 0.302. The summed E-state index contributed by atoms with van der Waals surface area (Å²) in [5.41, 5.74) is 0.918. The average Bonchev–Trinajstić information content (AvgIpc) is 2.79. The van der Waals surface area contributed by atoms with Crippen LogP contribution in [0.1, 0.15) is 25.7 Å². The number of anilines is 1. The Morgan fingerprint density at radius 3 is 2.94 bits per heavy atom. The molecule has 0 aliphatic carbocycles. The topological polar surface area (TPSA) is 42.7 Å². The van der Waals surface area contributed by atoms with Crippen molar-refractivity contribution in [2.75, 3.05) is 5.32 Å². The number of aromatic nitrogens is 3. The van der Waals surface area contributed by atoms with Gasteiger partial charge in [0, 0.05) is 9.61 Å². The molecule has 0 aliphatic heterocycles. The number of hydrogen-bond acceptors (Lipinski definition) is 3. The SMILES string of the molecule is CC(C)n1ncnc1CNc1cc(I)ccc1Cl. The number of benzene rings is 1. The third-order valence-electron chi connectivity index (χ3n) is 2.50. The first-order chi connectivity index (χ1) is 8.58.